The topological polar surface area (TPSA) is 111 Å². The third-order valence-electron chi connectivity index (χ3n) is 4.86. The number of hydrogen-bond donors (Lipinski definition) is 3. The number of H-pyrrole nitrogens is 1. The Labute approximate surface area is 142 Å². The number of aromatic nitrogens is 3. The SMILES string of the molecule is NC(=O)c1c(N)sc2c1CCC(c1ccccc1)(c1cn[nH]n1)C2. The molecule has 5 N–H and O–H groups in total. The zero-order chi connectivity index (χ0) is 16.7. The Bertz CT molecular complexity index is 887. The molecule has 6 nitrogen and oxygen atoms in total. The Hall–Kier alpha value is -2.67. The first-order valence-corrected chi connectivity index (χ1v) is 8.55. The number of thiophene rings is 1. The molecule has 3 aromatic rings. The van der Waals surface area contributed by atoms with Crippen LogP contribution in [0.3, 0.4) is 0 Å². The van der Waals surface area contributed by atoms with Gasteiger partial charge in [0.25, 0.3) is 5.91 Å². The molecule has 0 fully saturated rings. The van der Waals surface area contributed by atoms with Gasteiger partial charge in [-0.3, -0.25) is 4.79 Å². The van der Waals surface area contributed by atoms with Crippen LogP contribution in [0.5, 0.6) is 0 Å². The smallest absolute Gasteiger partial charge is 0.251 e. The Balaban J connectivity index is 1.87. The number of nitrogens with two attached hydrogens (primary N) is 2. The Morgan fingerprint density at radius 3 is 2.75 bits per heavy atom. The van der Waals surface area contributed by atoms with E-state index in [1.54, 1.807) is 6.20 Å². The second kappa shape index (κ2) is 5.45. The molecule has 1 atom stereocenters. The first-order valence-electron chi connectivity index (χ1n) is 7.73. The molecule has 1 aliphatic rings. The number of nitrogen functional groups attached to an aromatic ring is 1. The van der Waals surface area contributed by atoms with Crippen LogP contribution in [0.1, 0.15) is 38.5 Å². The highest BCUT2D eigenvalue weighted by molar-refractivity contribution is 7.16. The Kier molecular flexibility index (Phi) is 3.38. The second-order valence-electron chi connectivity index (χ2n) is 6.09. The highest BCUT2D eigenvalue weighted by Crippen LogP contribution is 2.47. The van der Waals surface area contributed by atoms with Crippen molar-refractivity contribution in [2.45, 2.75) is 24.7 Å². The van der Waals surface area contributed by atoms with Gasteiger partial charge in [-0.2, -0.15) is 15.4 Å². The number of benzene rings is 1. The van der Waals surface area contributed by atoms with E-state index in [2.05, 4.69) is 27.5 Å². The number of aromatic amines is 1. The van der Waals surface area contributed by atoms with Crippen LogP contribution in [-0.4, -0.2) is 21.3 Å². The third kappa shape index (κ3) is 2.12. The normalized spacial score (nSPS) is 19.8. The zero-order valence-corrected chi connectivity index (χ0v) is 13.8. The maximum atomic E-state index is 11.7. The van der Waals surface area contributed by atoms with Crippen molar-refractivity contribution in [1.82, 2.24) is 15.4 Å². The van der Waals surface area contributed by atoms with E-state index in [0.29, 0.717) is 10.6 Å². The van der Waals surface area contributed by atoms with Gasteiger partial charge in [0.15, 0.2) is 0 Å². The number of carbonyl (C=O) groups is 1. The molecule has 0 saturated heterocycles. The molecule has 0 aliphatic heterocycles. The summed E-state index contributed by atoms with van der Waals surface area (Å²) in [7, 11) is 0. The van der Waals surface area contributed by atoms with Gasteiger partial charge >= 0.3 is 0 Å². The molecule has 1 aliphatic carbocycles. The van der Waals surface area contributed by atoms with Crippen molar-refractivity contribution in [1.29, 1.82) is 0 Å². The average Bonchev–Trinajstić information content (AvgIpc) is 3.21. The Morgan fingerprint density at radius 1 is 1.29 bits per heavy atom. The van der Waals surface area contributed by atoms with E-state index in [1.807, 2.05) is 18.2 Å². The van der Waals surface area contributed by atoms with Gasteiger partial charge < -0.3 is 11.5 Å². The summed E-state index contributed by atoms with van der Waals surface area (Å²) >= 11 is 1.46. The number of anilines is 1. The largest absolute Gasteiger partial charge is 0.390 e. The number of nitrogens with one attached hydrogen (secondary N) is 1. The summed E-state index contributed by atoms with van der Waals surface area (Å²) in [5.74, 6) is -0.446. The van der Waals surface area contributed by atoms with E-state index in [4.69, 9.17) is 11.5 Å². The summed E-state index contributed by atoms with van der Waals surface area (Å²) in [5.41, 5.74) is 14.9. The lowest BCUT2D eigenvalue weighted by Crippen LogP contribution is -2.35. The van der Waals surface area contributed by atoms with Crippen LogP contribution in [0.25, 0.3) is 0 Å². The van der Waals surface area contributed by atoms with Crippen molar-refractivity contribution in [2.75, 3.05) is 5.73 Å². The van der Waals surface area contributed by atoms with Crippen LogP contribution >= 0.6 is 11.3 Å². The van der Waals surface area contributed by atoms with Crippen molar-refractivity contribution in [3.05, 3.63) is 63.8 Å². The predicted octanol–water partition coefficient (Wildman–Crippen LogP) is 2.02. The minimum absolute atomic E-state index is 0.270. The molecule has 0 radical (unpaired) electrons. The van der Waals surface area contributed by atoms with Crippen LogP contribution in [0, 0.1) is 0 Å². The van der Waals surface area contributed by atoms with Crippen molar-refractivity contribution in [3.8, 4) is 0 Å². The van der Waals surface area contributed by atoms with E-state index in [1.165, 1.54) is 16.9 Å². The van der Waals surface area contributed by atoms with E-state index >= 15 is 0 Å². The van der Waals surface area contributed by atoms with Crippen LogP contribution < -0.4 is 11.5 Å². The minimum Gasteiger partial charge on any atom is -0.390 e. The standard InChI is InChI=1S/C17H17N5OS/c18-15(23)14-11-6-7-17(13-9-20-22-21-13,8-12(11)24-16(14)19)10-4-2-1-3-5-10/h1-5,9H,6-8,19H2,(H2,18,23)(H,20,21,22). The molecule has 1 amide bonds. The lowest BCUT2D eigenvalue weighted by molar-refractivity contribution is 0.1000. The van der Waals surface area contributed by atoms with Gasteiger partial charge in [-0.15, -0.1) is 11.3 Å². The second-order valence-corrected chi connectivity index (χ2v) is 7.22. The summed E-state index contributed by atoms with van der Waals surface area (Å²) in [4.78, 5) is 12.8. The first-order chi connectivity index (χ1) is 11.6. The molecule has 1 aromatic carbocycles. The predicted molar refractivity (Wildman–Crippen MR) is 92.9 cm³/mol. The monoisotopic (exact) mass is 339 g/mol. The van der Waals surface area contributed by atoms with E-state index < -0.39 is 5.91 Å². The molecule has 0 spiro atoms. The van der Waals surface area contributed by atoms with E-state index in [0.717, 1.165) is 35.4 Å². The summed E-state index contributed by atoms with van der Waals surface area (Å²) in [5, 5.41) is 11.6. The maximum Gasteiger partial charge on any atom is 0.251 e. The van der Waals surface area contributed by atoms with Gasteiger partial charge in [0, 0.05) is 10.3 Å². The summed E-state index contributed by atoms with van der Waals surface area (Å²) in [6, 6.07) is 10.3. The summed E-state index contributed by atoms with van der Waals surface area (Å²) < 4.78 is 0. The van der Waals surface area contributed by atoms with Crippen LogP contribution in [-0.2, 0) is 18.3 Å². The lowest BCUT2D eigenvalue weighted by Gasteiger charge is -2.36. The molecule has 7 heteroatoms. The molecular formula is C17H17N5OS. The maximum absolute atomic E-state index is 11.7. The van der Waals surface area contributed by atoms with Gasteiger partial charge in [0.1, 0.15) is 0 Å². The Morgan fingerprint density at radius 2 is 2.08 bits per heavy atom. The molecule has 24 heavy (non-hydrogen) atoms. The third-order valence-corrected chi connectivity index (χ3v) is 5.92. The van der Waals surface area contributed by atoms with Crippen LogP contribution in [0.15, 0.2) is 36.5 Å². The highest BCUT2D eigenvalue weighted by Gasteiger charge is 2.42. The van der Waals surface area contributed by atoms with Crippen LogP contribution in [0.4, 0.5) is 5.00 Å². The van der Waals surface area contributed by atoms with Crippen molar-refractivity contribution in [2.24, 2.45) is 5.73 Å². The summed E-state index contributed by atoms with van der Waals surface area (Å²) in [6.45, 7) is 0. The fourth-order valence-corrected chi connectivity index (χ4v) is 4.95. The number of amides is 1. The molecule has 122 valence electrons. The molecule has 1 unspecified atom stereocenters. The first kappa shape index (κ1) is 14.9. The molecule has 0 bridgehead atoms. The number of primary amides is 1. The zero-order valence-electron chi connectivity index (χ0n) is 13.0. The average molecular weight is 339 g/mol. The highest BCUT2D eigenvalue weighted by atomic mass is 32.1. The van der Waals surface area contributed by atoms with Crippen LogP contribution in [0.2, 0.25) is 0 Å². The van der Waals surface area contributed by atoms with Gasteiger partial charge in [0.2, 0.25) is 0 Å². The quantitative estimate of drug-likeness (QED) is 0.678. The fourth-order valence-electron chi connectivity index (χ4n) is 3.71. The molecule has 2 heterocycles. The van der Waals surface area contributed by atoms with E-state index in [-0.39, 0.29) is 5.41 Å². The van der Waals surface area contributed by atoms with Gasteiger partial charge in [-0.05, 0) is 30.4 Å². The number of hydrogen-bond acceptors (Lipinski definition) is 5. The number of carbonyl (C=O) groups excluding carboxylic acids is 1. The molecule has 2 aromatic heterocycles. The number of rotatable bonds is 3. The van der Waals surface area contributed by atoms with Gasteiger partial charge in [-0.1, -0.05) is 30.3 Å². The van der Waals surface area contributed by atoms with E-state index in [9.17, 15) is 4.79 Å². The lowest BCUT2D eigenvalue weighted by atomic mass is 9.67. The van der Waals surface area contributed by atoms with Crippen molar-refractivity contribution in [3.63, 3.8) is 0 Å². The molecular weight excluding hydrogens is 322 g/mol. The summed E-state index contributed by atoms with van der Waals surface area (Å²) in [6.07, 6.45) is 4.08. The van der Waals surface area contributed by atoms with Crippen molar-refractivity contribution < 1.29 is 4.79 Å². The molecule has 0 saturated carbocycles. The van der Waals surface area contributed by atoms with Gasteiger partial charge in [0.05, 0.1) is 22.5 Å². The molecule has 4 rings (SSSR count). The van der Waals surface area contributed by atoms with Crippen molar-refractivity contribution >= 4 is 22.2 Å². The number of fused-ring (bicyclic) bond motifs is 1. The fraction of sp³-hybridized carbons (Fsp3) is 0.235. The minimum atomic E-state index is -0.446. The number of nitrogens with zero attached hydrogens (tertiary/aromatic N) is 2. The van der Waals surface area contributed by atoms with Gasteiger partial charge in [-0.25, -0.2) is 0 Å².